The van der Waals surface area contributed by atoms with Gasteiger partial charge in [-0.05, 0) is 13.8 Å². The van der Waals surface area contributed by atoms with Crippen LogP contribution in [-0.2, 0) is 23.6 Å². The molecule has 0 fully saturated rings. The van der Waals surface area contributed by atoms with Gasteiger partial charge in [-0.15, -0.1) is 11.3 Å². The van der Waals surface area contributed by atoms with Crippen LogP contribution in [0.3, 0.4) is 0 Å². The minimum Gasteiger partial charge on any atom is -0.476 e. The predicted molar refractivity (Wildman–Crippen MR) is 75.8 cm³/mol. The molecule has 0 aliphatic heterocycles. The summed E-state index contributed by atoms with van der Waals surface area (Å²) in [5.41, 5.74) is 0.848. The lowest BCUT2D eigenvalue weighted by molar-refractivity contribution is 0.0691. The number of carboxylic acids is 1. The summed E-state index contributed by atoms with van der Waals surface area (Å²) in [4.78, 5) is 14.7. The highest BCUT2D eigenvalue weighted by Gasteiger charge is 2.23. The molecule has 0 bridgehead atoms. The first-order valence-electron chi connectivity index (χ1n) is 5.90. The summed E-state index contributed by atoms with van der Waals surface area (Å²) in [5, 5.41) is 14.6. The van der Waals surface area contributed by atoms with Crippen molar-refractivity contribution in [3.05, 3.63) is 27.5 Å². The van der Waals surface area contributed by atoms with Gasteiger partial charge in [-0.1, -0.05) is 0 Å². The number of sulfonamides is 1. The Morgan fingerprint density at radius 3 is 2.62 bits per heavy atom. The fourth-order valence-electron chi connectivity index (χ4n) is 1.86. The van der Waals surface area contributed by atoms with Crippen molar-refractivity contribution in [2.75, 3.05) is 0 Å². The number of hydrogen-bond acceptors (Lipinski definition) is 6. The fraction of sp³-hybridized carbons (Fsp3) is 0.364. The number of thiazole rings is 1. The molecule has 2 rings (SSSR count). The third-order valence-corrected chi connectivity index (χ3v) is 5.40. The van der Waals surface area contributed by atoms with Gasteiger partial charge < -0.3 is 5.11 Å². The molecule has 2 aromatic heterocycles. The molecule has 0 aromatic carbocycles. The summed E-state index contributed by atoms with van der Waals surface area (Å²) in [6.07, 6.45) is 0. The van der Waals surface area contributed by atoms with Crippen LogP contribution in [0.25, 0.3) is 0 Å². The number of carbonyl (C=O) groups is 1. The summed E-state index contributed by atoms with van der Waals surface area (Å²) >= 11 is 1.09. The van der Waals surface area contributed by atoms with Crippen molar-refractivity contribution in [3.63, 3.8) is 0 Å². The Hall–Kier alpha value is -1.78. The number of nitrogens with one attached hydrogen (secondary N) is 1. The van der Waals surface area contributed by atoms with Crippen LogP contribution >= 0.6 is 11.3 Å². The van der Waals surface area contributed by atoms with E-state index in [4.69, 9.17) is 5.11 Å². The molecule has 0 spiro atoms. The minimum atomic E-state index is -3.72. The van der Waals surface area contributed by atoms with Gasteiger partial charge in [-0.3, -0.25) is 4.68 Å². The van der Waals surface area contributed by atoms with E-state index in [-0.39, 0.29) is 17.1 Å². The molecule has 0 amide bonds. The second-order valence-corrected chi connectivity index (χ2v) is 7.03. The largest absolute Gasteiger partial charge is 0.476 e. The second kappa shape index (κ2) is 5.54. The topological polar surface area (TPSA) is 114 Å². The highest BCUT2D eigenvalue weighted by atomic mass is 32.2. The van der Waals surface area contributed by atoms with Crippen LogP contribution < -0.4 is 4.72 Å². The predicted octanol–water partition coefficient (Wildman–Crippen LogP) is 0.670. The second-order valence-electron chi connectivity index (χ2n) is 4.38. The molecule has 0 radical (unpaired) electrons. The number of aromatic carboxylic acids is 1. The van der Waals surface area contributed by atoms with E-state index in [1.807, 2.05) is 0 Å². The van der Waals surface area contributed by atoms with Crippen LogP contribution in [0.5, 0.6) is 0 Å². The molecular formula is C11H14N4O4S2. The molecule has 114 valence electrons. The van der Waals surface area contributed by atoms with Crippen LogP contribution in [-0.4, -0.2) is 34.3 Å². The number of rotatable bonds is 5. The van der Waals surface area contributed by atoms with E-state index in [1.54, 1.807) is 20.9 Å². The Bertz CT molecular complexity index is 791. The maximum Gasteiger partial charge on any atom is 0.355 e. The van der Waals surface area contributed by atoms with Gasteiger partial charge in [0.25, 0.3) is 0 Å². The average Bonchev–Trinajstić information content (AvgIpc) is 2.93. The van der Waals surface area contributed by atoms with E-state index in [0.717, 1.165) is 11.3 Å². The lowest BCUT2D eigenvalue weighted by Gasteiger charge is -2.05. The van der Waals surface area contributed by atoms with E-state index >= 15 is 0 Å². The van der Waals surface area contributed by atoms with Crippen molar-refractivity contribution < 1.29 is 18.3 Å². The minimum absolute atomic E-state index is 0.0615. The quantitative estimate of drug-likeness (QED) is 0.833. The zero-order valence-electron chi connectivity index (χ0n) is 11.6. The summed E-state index contributed by atoms with van der Waals surface area (Å²) in [6, 6.07) is 0. The number of aryl methyl sites for hydroxylation is 2. The number of nitrogens with zero attached hydrogens (tertiary/aromatic N) is 3. The molecule has 8 nitrogen and oxygen atoms in total. The lowest BCUT2D eigenvalue weighted by Crippen LogP contribution is -2.24. The van der Waals surface area contributed by atoms with Gasteiger partial charge in [-0.25, -0.2) is 22.9 Å². The Labute approximate surface area is 125 Å². The maximum absolute atomic E-state index is 12.3. The first kappa shape index (κ1) is 15.6. The standard InChI is InChI=1S/C11H14N4O4S2/c1-6-10(7(2)15(3)14-6)21(18,19)12-4-9-13-8(5-20-9)11(16)17/h5,12H,4H2,1-3H3,(H,16,17). The first-order valence-corrected chi connectivity index (χ1v) is 8.26. The number of hydrogen-bond donors (Lipinski definition) is 2. The van der Waals surface area contributed by atoms with Crippen molar-refractivity contribution >= 4 is 27.3 Å². The molecular weight excluding hydrogens is 316 g/mol. The molecule has 0 unspecified atom stereocenters. The summed E-state index contributed by atoms with van der Waals surface area (Å²) in [7, 11) is -2.06. The highest BCUT2D eigenvalue weighted by Crippen LogP contribution is 2.19. The van der Waals surface area contributed by atoms with Gasteiger partial charge in [0.1, 0.15) is 9.90 Å². The molecule has 0 aliphatic rings. The monoisotopic (exact) mass is 330 g/mol. The smallest absolute Gasteiger partial charge is 0.355 e. The van der Waals surface area contributed by atoms with Crippen LogP contribution in [0.15, 0.2) is 10.3 Å². The summed E-state index contributed by atoms with van der Waals surface area (Å²) in [5.74, 6) is -1.14. The van der Waals surface area contributed by atoms with Gasteiger partial charge in [0.15, 0.2) is 5.69 Å². The fourth-order valence-corrected chi connectivity index (χ4v) is 4.08. The van der Waals surface area contributed by atoms with Crippen LogP contribution in [0, 0.1) is 13.8 Å². The SMILES string of the molecule is Cc1nn(C)c(C)c1S(=O)(=O)NCc1nc(C(=O)O)cs1. The molecule has 21 heavy (non-hydrogen) atoms. The van der Waals surface area contributed by atoms with Gasteiger partial charge in [0.05, 0.1) is 17.9 Å². The zero-order valence-corrected chi connectivity index (χ0v) is 13.2. The lowest BCUT2D eigenvalue weighted by atomic mass is 10.4. The molecule has 2 heterocycles. The van der Waals surface area contributed by atoms with E-state index in [1.165, 1.54) is 10.1 Å². The molecule has 10 heteroatoms. The van der Waals surface area contributed by atoms with Crippen LogP contribution in [0.1, 0.15) is 26.9 Å². The number of carboxylic acid groups (broad SMARTS) is 1. The Morgan fingerprint density at radius 1 is 1.48 bits per heavy atom. The van der Waals surface area contributed by atoms with Crippen molar-refractivity contribution in [2.24, 2.45) is 7.05 Å². The Morgan fingerprint density at radius 2 is 2.14 bits per heavy atom. The normalized spacial score (nSPS) is 11.8. The van der Waals surface area contributed by atoms with Crippen molar-refractivity contribution in [1.29, 1.82) is 0 Å². The number of aromatic nitrogens is 3. The molecule has 0 atom stereocenters. The van der Waals surface area contributed by atoms with E-state index in [9.17, 15) is 13.2 Å². The van der Waals surface area contributed by atoms with Crippen molar-refractivity contribution in [3.8, 4) is 0 Å². The van der Waals surface area contributed by atoms with Crippen LogP contribution in [0.2, 0.25) is 0 Å². The van der Waals surface area contributed by atoms with E-state index in [0.29, 0.717) is 16.4 Å². The van der Waals surface area contributed by atoms with Gasteiger partial charge in [0, 0.05) is 12.4 Å². The van der Waals surface area contributed by atoms with E-state index < -0.39 is 16.0 Å². The van der Waals surface area contributed by atoms with E-state index in [2.05, 4.69) is 14.8 Å². The van der Waals surface area contributed by atoms with Crippen molar-refractivity contribution in [2.45, 2.75) is 25.3 Å². The van der Waals surface area contributed by atoms with Crippen LogP contribution in [0.4, 0.5) is 0 Å². The van der Waals surface area contributed by atoms with Gasteiger partial charge >= 0.3 is 5.97 Å². The third-order valence-electron chi connectivity index (χ3n) is 2.90. The average molecular weight is 330 g/mol. The molecule has 2 aromatic rings. The Kier molecular flexibility index (Phi) is 4.12. The highest BCUT2D eigenvalue weighted by molar-refractivity contribution is 7.89. The third kappa shape index (κ3) is 3.12. The summed E-state index contributed by atoms with van der Waals surface area (Å²) < 4.78 is 28.5. The first-order chi connectivity index (χ1) is 9.72. The zero-order chi connectivity index (χ0) is 15.8. The molecule has 0 saturated carbocycles. The van der Waals surface area contributed by atoms with Gasteiger partial charge in [-0.2, -0.15) is 5.10 Å². The van der Waals surface area contributed by atoms with Crippen molar-refractivity contribution in [1.82, 2.24) is 19.5 Å². The van der Waals surface area contributed by atoms with Gasteiger partial charge in [0.2, 0.25) is 10.0 Å². The molecule has 0 aliphatic carbocycles. The Balaban J connectivity index is 2.19. The molecule has 2 N–H and O–H groups in total. The molecule has 0 saturated heterocycles. The maximum atomic E-state index is 12.3. The summed E-state index contributed by atoms with van der Waals surface area (Å²) in [6.45, 7) is 3.22.